The molecule has 31 heavy (non-hydrogen) atoms. The van der Waals surface area contributed by atoms with Crippen LogP contribution in [0.3, 0.4) is 0 Å². The number of amides is 1. The molecule has 2 aromatic carbocycles. The van der Waals surface area contributed by atoms with Crippen LogP contribution in [0, 0.1) is 6.92 Å². The molecule has 2 heterocycles. The number of benzene rings is 2. The van der Waals surface area contributed by atoms with Crippen molar-refractivity contribution in [1.29, 1.82) is 0 Å². The average molecular weight is 434 g/mol. The number of hydrogen-bond acceptors (Lipinski definition) is 6. The smallest absolute Gasteiger partial charge is 0.277 e. The van der Waals surface area contributed by atoms with E-state index in [1.54, 1.807) is 12.3 Å². The second-order valence-corrected chi connectivity index (χ2v) is 8.02. The van der Waals surface area contributed by atoms with E-state index in [0.717, 1.165) is 17.5 Å². The van der Waals surface area contributed by atoms with Crippen LogP contribution in [0.5, 0.6) is 0 Å². The highest BCUT2D eigenvalue weighted by Crippen LogP contribution is 2.26. The van der Waals surface area contributed by atoms with E-state index in [0.29, 0.717) is 30.0 Å². The molecule has 7 heteroatoms. The van der Waals surface area contributed by atoms with E-state index in [1.165, 1.54) is 17.3 Å². The van der Waals surface area contributed by atoms with Crippen LogP contribution in [0.4, 0.5) is 0 Å². The molecular weight excluding hydrogens is 410 g/mol. The molecule has 0 fully saturated rings. The first-order valence-corrected chi connectivity index (χ1v) is 11.0. The van der Waals surface area contributed by atoms with Crippen LogP contribution in [-0.4, -0.2) is 33.3 Å². The first-order chi connectivity index (χ1) is 15.2. The number of carbonyl (C=O) groups is 1. The third-order valence-corrected chi connectivity index (χ3v) is 5.70. The highest BCUT2D eigenvalue weighted by atomic mass is 32.2. The van der Waals surface area contributed by atoms with Gasteiger partial charge in [0.2, 0.25) is 5.91 Å². The van der Waals surface area contributed by atoms with Crippen LogP contribution in [0.1, 0.15) is 16.9 Å². The summed E-state index contributed by atoms with van der Waals surface area (Å²) in [7, 11) is 0. The minimum Gasteiger partial charge on any atom is -0.469 e. The SMILES string of the molecule is Cc1occc1-c1nnc(SCC(=O)N(CCc2ccccc2)Cc2ccccc2)o1. The van der Waals surface area contributed by atoms with E-state index >= 15 is 0 Å². The van der Waals surface area contributed by atoms with Crippen molar-refractivity contribution >= 4 is 17.7 Å². The normalized spacial score (nSPS) is 10.9. The number of rotatable bonds is 9. The number of nitrogens with zero attached hydrogens (tertiary/aromatic N) is 3. The Balaban J connectivity index is 1.40. The number of aryl methyl sites for hydroxylation is 1. The van der Waals surface area contributed by atoms with Crippen molar-refractivity contribution in [1.82, 2.24) is 15.1 Å². The third kappa shape index (κ3) is 5.64. The van der Waals surface area contributed by atoms with Crippen molar-refractivity contribution in [2.24, 2.45) is 0 Å². The largest absolute Gasteiger partial charge is 0.469 e. The van der Waals surface area contributed by atoms with Crippen molar-refractivity contribution < 1.29 is 13.6 Å². The van der Waals surface area contributed by atoms with Gasteiger partial charge in [-0.05, 0) is 30.5 Å². The molecule has 0 bridgehead atoms. The summed E-state index contributed by atoms with van der Waals surface area (Å²) in [6.07, 6.45) is 2.38. The van der Waals surface area contributed by atoms with Gasteiger partial charge in [-0.25, -0.2) is 0 Å². The lowest BCUT2D eigenvalue weighted by Crippen LogP contribution is -2.33. The van der Waals surface area contributed by atoms with Gasteiger partial charge in [0.25, 0.3) is 11.1 Å². The van der Waals surface area contributed by atoms with Crippen LogP contribution in [0.2, 0.25) is 0 Å². The molecule has 0 saturated carbocycles. The number of hydrogen-bond donors (Lipinski definition) is 0. The average Bonchev–Trinajstić information content (AvgIpc) is 3.45. The van der Waals surface area contributed by atoms with Gasteiger partial charge in [-0.2, -0.15) is 0 Å². The predicted octanol–water partition coefficient (Wildman–Crippen LogP) is 5.00. The Labute approximate surface area is 185 Å². The van der Waals surface area contributed by atoms with E-state index < -0.39 is 0 Å². The summed E-state index contributed by atoms with van der Waals surface area (Å²) in [5, 5.41) is 8.49. The molecule has 4 aromatic rings. The van der Waals surface area contributed by atoms with Crippen LogP contribution < -0.4 is 0 Å². The molecule has 0 saturated heterocycles. The highest BCUT2D eigenvalue weighted by molar-refractivity contribution is 7.99. The Kier molecular flexibility index (Phi) is 6.84. The third-order valence-electron chi connectivity index (χ3n) is 4.90. The summed E-state index contributed by atoms with van der Waals surface area (Å²) in [5.74, 6) is 1.37. The van der Waals surface area contributed by atoms with Crippen molar-refractivity contribution in [2.45, 2.75) is 25.1 Å². The fourth-order valence-corrected chi connectivity index (χ4v) is 3.87. The van der Waals surface area contributed by atoms with E-state index in [2.05, 4.69) is 22.3 Å². The minimum atomic E-state index is 0.0315. The highest BCUT2D eigenvalue weighted by Gasteiger charge is 2.18. The molecule has 0 N–H and O–H groups in total. The quantitative estimate of drug-likeness (QED) is 0.346. The zero-order chi connectivity index (χ0) is 21.5. The van der Waals surface area contributed by atoms with Gasteiger partial charge < -0.3 is 13.7 Å². The molecule has 0 aliphatic carbocycles. The zero-order valence-corrected chi connectivity index (χ0v) is 18.0. The molecular formula is C24H23N3O3S. The Morgan fingerprint density at radius 1 is 0.968 bits per heavy atom. The lowest BCUT2D eigenvalue weighted by atomic mass is 10.1. The van der Waals surface area contributed by atoms with Gasteiger partial charge in [0, 0.05) is 13.1 Å². The minimum absolute atomic E-state index is 0.0315. The Morgan fingerprint density at radius 2 is 1.68 bits per heavy atom. The first kappa shape index (κ1) is 20.9. The first-order valence-electron chi connectivity index (χ1n) is 10.1. The molecule has 0 unspecified atom stereocenters. The van der Waals surface area contributed by atoms with E-state index in [-0.39, 0.29) is 11.7 Å². The summed E-state index contributed by atoms with van der Waals surface area (Å²) < 4.78 is 11.0. The predicted molar refractivity (Wildman–Crippen MR) is 119 cm³/mol. The fourth-order valence-electron chi connectivity index (χ4n) is 3.20. The maximum Gasteiger partial charge on any atom is 0.277 e. The molecule has 4 rings (SSSR count). The molecule has 0 atom stereocenters. The Hall–Kier alpha value is -3.32. The molecule has 0 aliphatic rings. The maximum absolute atomic E-state index is 13.0. The summed E-state index contributed by atoms with van der Waals surface area (Å²) in [4.78, 5) is 14.9. The zero-order valence-electron chi connectivity index (χ0n) is 17.2. The second-order valence-electron chi connectivity index (χ2n) is 7.09. The summed E-state index contributed by atoms with van der Waals surface area (Å²) >= 11 is 1.25. The molecule has 1 amide bonds. The van der Waals surface area contributed by atoms with Gasteiger partial charge in [0.1, 0.15) is 5.76 Å². The summed E-state index contributed by atoms with van der Waals surface area (Å²) in [6.45, 7) is 3.04. The van der Waals surface area contributed by atoms with Crippen molar-refractivity contribution in [3.05, 3.63) is 89.9 Å². The second kappa shape index (κ2) is 10.1. The maximum atomic E-state index is 13.0. The fraction of sp³-hybridized carbons (Fsp3) is 0.208. The molecule has 158 valence electrons. The van der Waals surface area contributed by atoms with Crippen molar-refractivity contribution in [3.63, 3.8) is 0 Å². The lowest BCUT2D eigenvalue weighted by Gasteiger charge is -2.22. The summed E-state index contributed by atoms with van der Waals surface area (Å²) in [5.41, 5.74) is 3.07. The number of furan rings is 1. The van der Waals surface area contributed by atoms with Crippen LogP contribution in [0.25, 0.3) is 11.5 Å². The molecule has 2 aromatic heterocycles. The van der Waals surface area contributed by atoms with Gasteiger partial charge in [-0.1, -0.05) is 72.4 Å². The Bertz CT molecular complexity index is 1110. The van der Waals surface area contributed by atoms with Gasteiger partial charge >= 0.3 is 0 Å². The van der Waals surface area contributed by atoms with E-state index in [9.17, 15) is 4.79 Å². The van der Waals surface area contributed by atoms with E-state index in [4.69, 9.17) is 8.83 Å². The number of aromatic nitrogens is 2. The van der Waals surface area contributed by atoms with Crippen LogP contribution >= 0.6 is 11.8 Å². The number of carbonyl (C=O) groups excluding carboxylic acids is 1. The molecule has 0 radical (unpaired) electrons. The van der Waals surface area contributed by atoms with Crippen molar-refractivity contribution in [3.8, 4) is 11.5 Å². The standard InChI is InChI=1S/C24H23N3O3S/c1-18-21(13-15-29-18)23-25-26-24(30-23)31-17-22(28)27(16-20-10-6-3-7-11-20)14-12-19-8-4-2-5-9-19/h2-11,13,15H,12,14,16-17H2,1H3. The number of thioether (sulfide) groups is 1. The molecule has 0 spiro atoms. The summed E-state index contributed by atoms with van der Waals surface area (Å²) in [6, 6.07) is 22.0. The lowest BCUT2D eigenvalue weighted by molar-refractivity contribution is -0.128. The topological polar surface area (TPSA) is 72.4 Å². The monoisotopic (exact) mass is 433 g/mol. The van der Waals surface area contributed by atoms with Crippen LogP contribution in [-0.2, 0) is 17.8 Å². The van der Waals surface area contributed by atoms with Gasteiger partial charge in [-0.15, -0.1) is 10.2 Å². The Morgan fingerprint density at radius 3 is 2.35 bits per heavy atom. The van der Waals surface area contributed by atoms with Crippen molar-refractivity contribution in [2.75, 3.05) is 12.3 Å². The van der Waals surface area contributed by atoms with Gasteiger partial charge in [-0.3, -0.25) is 4.79 Å². The van der Waals surface area contributed by atoms with Gasteiger partial charge in [0.05, 0.1) is 17.6 Å². The molecule has 6 nitrogen and oxygen atoms in total. The van der Waals surface area contributed by atoms with Crippen LogP contribution in [0.15, 0.2) is 87.1 Å². The molecule has 0 aliphatic heterocycles. The van der Waals surface area contributed by atoms with Gasteiger partial charge in [0.15, 0.2) is 0 Å². The van der Waals surface area contributed by atoms with E-state index in [1.807, 2.05) is 60.4 Å².